The summed E-state index contributed by atoms with van der Waals surface area (Å²) in [4.78, 5) is 10.8. The van der Waals surface area contributed by atoms with Crippen LogP contribution in [0.3, 0.4) is 0 Å². The number of carboxylic acid groups (broad SMARTS) is 1. The van der Waals surface area contributed by atoms with Crippen LogP contribution in [-0.4, -0.2) is 19.5 Å². The van der Waals surface area contributed by atoms with Crippen molar-refractivity contribution in [2.45, 2.75) is 6.92 Å². The topological polar surface area (TPSA) is 71.4 Å². The largest absolute Gasteiger partial charge is 0.480 e. The molecule has 0 aromatic carbocycles. The van der Waals surface area contributed by atoms with E-state index in [-0.39, 0.29) is 4.91 Å². The minimum atomic E-state index is -3.82. The summed E-state index contributed by atoms with van der Waals surface area (Å²) in [5, 5.41) is 8.90. The summed E-state index contributed by atoms with van der Waals surface area (Å²) < 4.78 is 22.0. The van der Waals surface area contributed by atoms with Gasteiger partial charge in [0.05, 0.1) is 4.91 Å². The summed E-state index contributed by atoms with van der Waals surface area (Å²) >= 11 is 0. The molecule has 0 amide bonds. The smallest absolute Gasteiger partial charge is 0.317 e. The highest BCUT2D eigenvalue weighted by Gasteiger charge is 2.28. The summed E-state index contributed by atoms with van der Waals surface area (Å²) in [6.07, 6.45) is 6.48. The Bertz CT molecular complexity index is 472. The number of aliphatic carboxylic acids is 1. The second-order valence-electron chi connectivity index (χ2n) is 3.29. The van der Waals surface area contributed by atoms with Crippen LogP contribution >= 0.6 is 10.7 Å². The predicted octanol–water partition coefficient (Wildman–Crippen LogP) is 1.66. The molecule has 0 fully saturated rings. The molecule has 1 aliphatic rings. The van der Waals surface area contributed by atoms with Crippen molar-refractivity contribution >= 4 is 25.7 Å². The lowest BCUT2D eigenvalue weighted by Crippen LogP contribution is -2.22. The molecule has 0 saturated heterocycles. The Labute approximate surface area is 92.0 Å². The number of hydrogen-bond donors (Lipinski definition) is 1. The van der Waals surface area contributed by atoms with Crippen LogP contribution in [0, 0.1) is 5.41 Å². The number of rotatable bonds is 2. The highest BCUT2D eigenvalue weighted by atomic mass is 35.7. The third kappa shape index (κ3) is 2.70. The summed E-state index contributed by atoms with van der Waals surface area (Å²) in [6, 6.07) is 0. The molecule has 0 aromatic rings. The SMILES string of the molecule is CC1(C(=O)O)C=CC=C(S(=O)(=O)Cl)C=C1. The summed E-state index contributed by atoms with van der Waals surface area (Å²) in [6.45, 7) is 1.46. The number of carboxylic acids is 1. The molecule has 6 heteroatoms. The maximum atomic E-state index is 11.0. The normalized spacial score (nSPS) is 25.9. The van der Waals surface area contributed by atoms with E-state index in [1.54, 1.807) is 0 Å². The van der Waals surface area contributed by atoms with Gasteiger partial charge in [0.25, 0.3) is 9.05 Å². The summed E-state index contributed by atoms with van der Waals surface area (Å²) in [7, 11) is 1.31. The molecule has 0 bridgehead atoms. The minimum Gasteiger partial charge on any atom is -0.480 e. The lowest BCUT2D eigenvalue weighted by atomic mass is 9.90. The van der Waals surface area contributed by atoms with E-state index in [9.17, 15) is 13.2 Å². The fourth-order valence-corrected chi connectivity index (χ4v) is 1.79. The first-order chi connectivity index (χ1) is 6.76. The zero-order chi connectivity index (χ0) is 11.7. The number of halogens is 1. The second-order valence-corrected chi connectivity index (χ2v) is 5.85. The second kappa shape index (κ2) is 3.83. The molecule has 1 N–H and O–H groups in total. The van der Waals surface area contributed by atoms with Crippen LogP contribution in [0.2, 0.25) is 0 Å². The van der Waals surface area contributed by atoms with Gasteiger partial charge in [-0.05, 0) is 19.1 Å². The van der Waals surface area contributed by atoms with E-state index in [4.69, 9.17) is 15.8 Å². The van der Waals surface area contributed by atoms with E-state index < -0.39 is 20.4 Å². The number of hydrogen-bond acceptors (Lipinski definition) is 3. The van der Waals surface area contributed by atoms with E-state index in [1.165, 1.54) is 37.3 Å². The third-order valence-electron chi connectivity index (χ3n) is 2.04. The molecule has 0 saturated carbocycles. The molecule has 0 spiro atoms. The molecule has 1 unspecified atom stereocenters. The lowest BCUT2D eigenvalue weighted by Gasteiger charge is -2.13. The first kappa shape index (κ1) is 12.0. The Morgan fingerprint density at radius 3 is 2.53 bits per heavy atom. The van der Waals surface area contributed by atoms with Crippen LogP contribution in [0.5, 0.6) is 0 Å². The molecular formula is C9H9ClO4S. The van der Waals surface area contributed by atoms with Crippen LogP contribution in [-0.2, 0) is 13.8 Å². The van der Waals surface area contributed by atoms with Crippen molar-refractivity contribution in [3.8, 4) is 0 Å². The van der Waals surface area contributed by atoms with E-state index in [2.05, 4.69) is 0 Å². The Morgan fingerprint density at radius 1 is 1.47 bits per heavy atom. The van der Waals surface area contributed by atoms with Crippen molar-refractivity contribution in [1.29, 1.82) is 0 Å². The number of carbonyl (C=O) groups is 1. The maximum Gasteiger partial charge on any atom is 0.317 e. The molecule has 0 radical (unpaired) electrons. The molecule has 1 aliphatic carbocycles. The van der Waals surface area contributed by atoms with Gasteiger partial charge in [-0.15, -0.1) is 0 Å². The monoisotopic (exact) mass is 248 g/mol. The molecule has 1 rings (SSSR count). The Kier molecular flexibility index (Phi) is 3.06. The first-order valence-corrected chi connectivity index (χ1v) is 6.33. The van der Waals surface area contributed by atoms with Crippen LogP contribution in [0.25, 0.3) is 0 Å². The van der Waals surface area contributed by atoms with E-state index >= 15 is 0 Å². The zero-order valence-electron chi connectivity index (χ0n) is 7.84. The van der Waals surface area contributed by atoms with Crippen LogP contribution < -0.4 is 0 Å². The van der Waals surface area contributed by atoms with Gasteiger partial charge in [0.15, 0.2) is 0 Å². The van der Waals surface area contributed by atoms with E-state index in [0.717, 1.165) is 0 Å². The van der Waals surface area contributed by atoms with Crippen molar-refractivity contribution in [1.82, 2.24) is 0 Å². The summed E-state index contributed by atoms with van der Waals surface area (Å²) in [5.41, 5.74) is -1.21. The van der Waals surface area contributed by atoms with Crippen molar-refractivity contribution in [2.75, 3.05) is 0 Å². The van der Waals surface area contributed by atoms with Gasteiger partial charge in [-0.2, -0.15) is 0 Å². The van der Waals surface area contributed by atoms with Crippen LogP contribution in [0.1, 0.15) is 6.92 Å². The van der Waals surface area contributed by atoms with Crippen molar-refractivity contribution in [2.24, 2.45) is 5.41 Å². The van der Waals surface area contributed by atoms with Crippen molar-refractivity contribution in [3.05, 3.63) is 35.3 Å². The predicted molar refractivity (Wildman–Crippen MR) is 56.9 cm³/mol. The highest BCUT2D eigenvalue weighted by molar-refractivity contribution is 8.17. The molecule has 0 aromatic heterocycles. The quantitative estimate of drug-likeness (QED) is 0.755. The molecule has 4 nitrogen and oxygen atoms in total. The van der Waals surface area contributed by atoms with Gasteiger partial charge < -0.3 is 5.11 Å². The fraction of sp³-hybridized carbons (Fsp3) is 0.222. The van der Waals surface area contributed by atoms with Crippen molar-refractivity contribution < 1.29 is 18.3 Å². The van der Waals surface area contributed by atoms with E-state index in [0.29, 0.717) is 0 Å². The Hall–Kier alpha value is -1.07. The average molecular weight is 249 g/mol. The minimum absolute atomic E-state index is 0.120. The molecule has 1 atom stereocenters. The Balaban J connectivity index is 3.16. The van der Waals surface area contributed by atoms with Crippen molar-refractivity contribution in [3.63, 3.8) is 0 Å². The first-order valence-electron chi connectivity index (χ1n) is 4.02. The molecule has 0 aliphatic heterocycles. The average Bonchev–Trinajstić information content (AvgIpc) is 2.26. The molecule has 0 heterocycles. The van der Waals surface area contributed by atoms with Gasteiger partial charge in [0.1, 0.15) is 5.41 Å². The maximum absolute atomic E-state index is 11.0. The van der Waals surface area contributed by atoms with Gasteiger partial charge in [-0.3, -0.25) is 4.79 Å². The van der Waals surface area contributed by atoms with Gasteiger partial charge >= 0.3 is 5.97 Å². The van der Waals surface area contributed by atoms with Gasteiger partial charge in [0.2, 0.25) is 0 Å². The number of allylic oxidation sites excluding steroid dienone is 3. The zero-order valence-corrected chi connectivity index (χ0v) is 9.42. The van der Waals surface area contributed by atoms with Crippen LogP contribution in [0.4, 0.5) is 0 Å². The highest BCUT2D eigenvalue weighted by Crippen LogP contribution is 2.26. The fourth-order valence-electron chi connectivity index (χ4n) is 1.01. The van der Waals surface area contributed by atoms with Gasteiger partial charge in [-0.25, -0.2) is 8.42 Å². The molecular weight excluding hydrogens is 240 g/mol. The van der Waals surface area contributed by atoms with Gasteiger partial charge in [-0.1, -0.05) is 18.2 Å². The standard InChI is InChI=1S/C9H9ClO4S/c1-9(8(11)12)5-2-3-7(4-6-9)15(10,13)14/h2-6H,1H3,(H,11,12). The molecule has 15 heavy (non-hydrogen) atoms. The Morgan fingerprint density at radius 2 is 2.07 bits per heavy atom. The van der Waals surface area contributed by atoms with E-state index in [1.807, 2.05) is 0 Å². The summed E-state index contributed by atoms with van der Waals surface area (Å²) in [5.74, 6) is -1.06. The lowest BCUT2D eigenvalue weighted by molar-refractivity contribution is -0.142. The molecule has 82 valence electrons. The van der Waals surface area contributed by atoms with Gasteiger partial charge in [0, 0.05) is 10.7 Å². The third-order valence-corrected chi connectivity index (χ3v) is 3.41. The van der Waals surface area contributed by atoms with Crippen LogP contribution in [0.15, 0.2) is 35.3 Å².